The number of imidazole rings is 1. The van der Waals surface area contributed by atoms with E-state index >= 15 is 0 Å². The van der Waals surface area contributed by atoms with E-state index in [1.54, 1.807) is 11.3 Å². The molecule has 0 saturated carbocycles. The van der Waals surface area contributed by atoms with Crippen molar-refractivity contribution in [2.24, 2.45) is 0 Å². The number of hydrogen-bond acceptors (Lipinski definition) is 4. The highest BCUT2D eigenvalue weighted by molar-refractivity contribution is 7.20. The van der Waals surface area contributed by atoms with Gasteiger partial charge in [-0.2, -0.15) is 0 Å². The Morgan fingerprint density at radius 2 is 1.89 bits per heavy atom. The fraction of sp³-hybridized carbons (Fsp3) is 0.286. The summed E-state index contributed by atoms with van der Waals surface area (Å²) in [6, 6.07) is 10.2. The largest absolute Gasteiger partial charge is 0.347 e. The molecule has 2 aromatic heterocycles. The summed E-state index contributed by atoms with van der Waals surface area (Å²) in [5.74, 6) is 0. The lowest BCUT2D eigenvalue weighted by Gasteiger charge is -2.15. The lowest BCUT2D eigenvalue weighted by atomic mass is 10.2. The maximum atomic E-state index is 4.65. The van der Waals surface area contributed by atoms with Crippen LogP contribution in [0.5, 0.6) is 0 Å². The monoisotopic (exact) mass is 272 g/mol. The number of aromatic nitrogens is 3. The van der Waals surface area contributed by atoms with Crippen molar-refractivity contribution in [3.8, 4) is 11.3 Å². The number of nitrogens with zero attached hydrogens (tertiary/aromatic N) is 4. The van der Waals surface area contributed by atoms with E-state index in [1.165, 1.54) is 0 Å². The highest BCUT2D eigenvalue weighted by Gasteiger charge is 2.12. The molecule has 0 radical (unpaired) electrons. The molecule has 0 N–H and O–H groups in total. The van der Waals surface area contributed by atoms with Crippen LogP contribution in [-0.4, -0.2) is 27.7 Å². The maximum absolute atomic E-state index is 4.65. The van der Waals surface area contributed by atoms with Gasteiger partial charge in [-0.3, -0.25) is 0 Å². The lowest BCUT2D eigenvalue weighted by molar-refractivity contribution is 0.832. The van der Waals surface area contributed by atoms with Crippen LogP contribution in [0.1, 0.15) is 13.8 Å². The fourth-order valence-electron chi connectivity index (χ4n) is 2.06. The number of hydrogen-bond donors (Lipinski definition) is 0. The number of rotatable bonds is 4. The molecule has 98 valence electrons. The van der Waals surface area contributed by atoms with Crippen LogP contribution in [-0.2, 0) is 0 Å². The second-order valence-corrected chi connectivity index (χ2v) is 5.21. The summed E-state index contributed by atoms with van der Waals surface area (Å²) in [5, 5.41) is 5.63. The Balaban J connectivity index is 1.98. The Bertz CT molecular complexity index is 636. The van der Waals surface area contributed by atoms with Crippen molar-refractivity contribution in [3.63, 3.8) is 0 Å². The van der Waals surface area contributed by atoms with Crippen LogP contribution in [0.15, 0.2) is 36.5 Å². The molecule has 0 aliphatic rings. The van der Waals surface area contributed by atoms with Gasteiger partial charge in [0.2, 0.25) is 10.1 Å². The first-order valence-electron chi connectivity index (χ1n) is 6.48. The molecule has 4 nitrogen and oxygen atoms in total. The van der Waals surface area contributed by atoms with Crippen LogP contribution in [0.4, 0.5) is 5.13 Å². The van der Waals surface area contributed by atoms with Crippen molar-refractivity contribution >= 4 is 21.4 Å². The van der Waals surface area contributed by atoms with Crippen LogP contribution >= 0.6 is 11.3 Å². The van der Waals surface area contributed by atoms with Crippen LogP contribution in [0.25, 0.3) is 16.2 Å². The van der Waals surface area contributed by atoms with Gasteiger partial charge >= 0.3 is 0 Å². The van der Waals surface area contributed by atoms with E-state index < -0.39 is 0 Å². The zero-order valence-corrected chi connectivity index (χ0v) is 11.9. The highest BCUT2D eigenvalue weighted by atomic mass is 32.1. The predicted octanol–water partition coefficient (Wildman–Crippen LogP) is 3.30. The Hall–Kier alpha value is -1.88. The third kappa shape index (κ3) is 2.21. The molecule has 0 atom stereocenters. The predicted molar refractivity (Wildman–Crippen MR) is 79.9 cm³/mol. The smallest absolute Gasteiger partial charge is 0.214 e. The minimum Gasteiger partial charge on any atom is -0.347 e. The van der Waals surface area contributed by atoms with E-state index in [-0.39, 0.29) is 0 Å². The number of anilines is 1. The van der Waals surface area contributed by atoms with E-state index in [0.717, 1.165) is 34.4 Å². The summed E-state index contributed by atoms with van der Waals surface area (Å²) in [6.07, 6.45) is 1.99. The van der Waals surface area contributed by atoms with Gasteiger partial charge < -0.3 is 4.90 Å². The molecule has 0 aliphatic carbocycles. The first-order valence-corrected chi connectivity index (χ1v) is 7.30. The van der Waals surface area contributed by atoms with Gasteiger partial charge in [-0.1, -0.05) is 41.7 Å². The van der Waals surface area contributed by atoms with Crippen molar-refractivity contribution in [1.29, 1.82) is 0 Å². The summed E-state index contributed by atoms with van der Waals surface area (Å²) >= 11 is 1.64. The van der Waals surface area contributed by atoms with E-state index in [0.29, 0.717) is 0 Å². The second kappa shape index (κ2) is 5.01. The number of fused-ring (bicyclic) bond motifs is 1. The molecule has 0 aliphatic heterocycles. The molecule has 0 unspecified atom stereocenters. The molecular weight excluding hydrogens is 256 g/mol. The van der Waals surface area contributed by atoms with Crippen molar-refractivity contribution in [2.45, 2.75) is 13.8 Å². The van der Waals surface area contributed by atoms with E-state index in [2.05, 4.69) is 41.0 Å². The summed E-state index contributed by atoms with van der Waals surface area (Å²) in [5.41, 5.74) is 2.11. The van der Waals surface area contributed by atoms with E-state index in [1.807, 2.05) is 28.9 Å². The van der Waals surface area contributed by atoms with Crippen LogP contribution in [0.2, 0.25) is 0 Å². The van der Waals surface area contributed by atoms with Gasteiger partial charge in [0.05, 0.1) is 11.9 Å². The SMILES string of the molecule is CCN(CC)c1nn2cc(-c3ccccc3)nc2s1. The topological polar surface area (TPSA) is 33.4 Å². The van der Waals surface area contributed by atoms with Gasteiger partial charge in [0.1, 0.15) is 0 Å². The normalized spacial score (nSPS) is 11.1. The highest BCUT2D eigenvalue weighted by Crippen LogP contribution is 2.26. The molecular formula is C14H16N4S. The Morgan fingerprint density at radius 1 is 1.16 bits per heavy atom. The van der Waals surface area contributed by atoms with Gasteiger partial charge in [0.25, 0.3) is 0 Å². The molecule has 0 amide bonds. The van der Waals surface area contributed by atoms with Gasteiger partial charge in [-0.25, -0.2) is 9.50 Å². The molecule has 19 heavy (non-hydrogen) atoms. The van der Waals surface area contributed by atoms with Gasteiger partial charge in [0, 0.05) is 18.7 Å². The van der Waals surface area contributed by atoms with Crippen LogP contribution in [0.3, 0.4) is 0 Å². The van der Waals surface area contributed by atoms with Gasteiger partial charge in [-0.15, -0.1) is 5.10 Å². The molecule has 0 fully saturated rings. The average Bonchev–Trinajstić information content (AvgIpc) is 3.00. The lowest BCUT2D eigenvalue weighted by Crippen LogP contribution is -2.21. The van der Waals surface area contributed by atoms with Gasteiger partial charge in [0.15, 0.2) is 0 Å². The quantitative estimate of drug-likeness (QED) is 0.730. The first kappa shape index (κ1) is 12.2. The molecule has 3 rings (SSSR count). The second-order valence-electron chi connectivity index (χ2n) is 4.28. The summed E-state index contributed by atoms with van der Waals surface area (Å²) in [6.45, 7) is 6.23. The minimum absolute atomic E-state index is 0.945. The zero-order valence-electron chi connectivity index (χ0n) is 11.1. The molecule has 5 heteroatoms. The summed E-state index contributed by atoms with van der Waals surface area (Å²) < 4.78 is 1.88. The maximum Gasteiger partial charge on any atom is 0.214 e. The van der Waals surface area contributed by atoms with E-state index in [4.69, 9.17) is 0 Å². The minimum atomic E-state index is 0.945. The molecule has 0 bridgehead atoms. The average molecular weight is 272 g/mol. The van der Waals surface area contributed by atoms with Crippen molar-refractivity contribution in [2.75, 3.05) is 18.0 Å². The van der Waals surface area contributed by atoms with Crippen LogP contribution in [0, 0.1) is 0 Å². The van der Waals surface area contributed by atoms with Crippen molar-refractivity contribution in [1.82, 2.24) is 14.6 Å². The Labute approximate surface area is 116 Å². The third-order valence-electron chi connectivity index (χ3n) is 3.14. The Kier molecular flexibility index (Phi) is 3.21. The van der Waals surface area contributed by atoms with E-state index in [9.17, 15) is 0 Å². The fourth-order valence-corrected chi connectivity index (χ4v) is 3.07. The first-order chi connectivity index (χ1) is 9.31. The molecule has 0 spiro atoms. The van der Waals surface area contributed by atoms with Gasteiger partial charge in [-0.05, 0) is 13.8 Å². The van der Waals surface area contributed by atoms with Crippen molar-refractivity contribution < 1.29 is 0 Å². The Morgan fingerprint density at radius 3 is 2.53 bits per heavy atom. The summed E-state index contributed by atoms with van der Waals surface area (Å²) in [7, 11) is 0. The molecule has 0 saturated heterocycles. The third-order valence-corrected chi connectivity index (χ3v) is 4.12. The molecule has 1 aromatic carbocycles. The van der Waals surface area contributed by atoms with Crippen LogP contribution < -0.4 is 4.90 Å². The summed E-state index contributed by atoms with van der Waals surface area (Å²) in [4.78, 5) is 7.83. The molecule has 2 heterocycles. The number of benzene rings is 1. The van der Waals surface area contributed by atoms with Crippen molar-refractivity contribution in [3.05, 3.63) is 36.5 Å². The zero-order chi connectivity index (χ0) is 13.2. The standard InChI is InChI=1S/C14H16N4S/c1-3-17(4-2)14-16-18-10-12(15-13(18)19-14)11-8-6-5-7-9-11/h5-10H,3-4H2,1-2H3. The molecule has 3 aromatic rings.